The van der Waals surface area contributed by atoms with Crippen LogP contribution in [-0.4, -0.2) is 13.2 Å². The third-order valence-corrected chi connectivity index (χ3v) is 2.67. The molecule has 0 fully saturated rings. The topological polar surface area (TPSA) is 21.3 Å². The van der Waals surface area contributed by atoms with E-state index in [0.29, 0.717) is 12.0 Å². The van der Waals surface area contributed by atoms with Gasteiger partial charge < -0.3 is 10.1 Å². The lowest BCUT2D eigenvalue weighted by molar-refractivity contribution is 0.341. The molecule has 96 valence electrons. The van der Waals surface area contributed by atoms with Gasteiger partial charge in [0.25, 0.3) is 0 Å². The number of hydrogen-bond donors (Lipinski definition) is 1. The van der Waals surface area contributed by atoms with Crippen molar-refractivity contribution in [1.82, 2.24) is 0 Å². The highest BCUT2D eigenvalue weighted by Crippen LogP contribution is 2.28. The van der Waals surface area contributed by atoms with E-state index in [2.05, 4.69) is 26.1 Å². The molecule has 0 aliphatic rings. The molecule has 0 aliphatic carbocycles. The molecule has 0 atom stereocenters. The molecule has 0 spiro atoms. The molecule has 0 saturated heterocycles. The quantitative estimate of drug-likeness (QED) is 0.831. The van der Waals surface area contributed by atoms with E-state index < -0.39 is 0 Å². The summed E-state index contributed by atoms with van der Waals surface area (Å²) in [5, 5.41) is 4.11. The third kappa shape index (κ3) is 5.31. The summed E-state index contributed by atoms with van der Waals surface area (Å²) >= 11 is 5.99. The molecule has 0 aromatic heterocycles. The van der Waals surface area contributed by atoms with Crippen molar-refractivity contribution in [2.75, 3.05) is 18.5 Å². The highest BCUT2D eigenvalue weighted by molar-refractivity contribution is 6.30. The van der Waals surface area contributed by atoms with Gasteiger partial charge in [0.1, 0.15) is 5.75 Å². The summed E-state index contributed by atoms with van der Waals surface area (Å²) in [5.41, 5.74) is 1.31. The minimum atomic E-state index is 0.331. The molecule has 0 saturated carbocycles. The van der Waals surface area contributed by atoms with Crippen molar-refractivity contribution in [2.24, 2.45) is 5.41 Å². The molecular formula is C14H22ClNO. The Kier molecular flexibility index (Phi) is 5.13. The maximum Gasteiger partial charge on any atom is 0.142 e. The number of hydrogen-bond acceptors (Lipinski definition) is 2. The lowest BCUT2D eigenvalue weighted by Gasteiger charge is -2.19. The van der Waals surface area contributed by atoms with Crippen LogP contribution in [0.4, 0.5) is 5.69 Å². The molecular weight excluding hydrogens is 234 g/mol. The number of rotatable bonds is 5. The minimum absolute atomic E-state index is 0.331. The summed E-state index contributed by atoms with van der Waals surface area (Å²) in [6.45, 7) is 10.3. The Morgan fingerprint density at radius 3 is 2.59 bits per heavy atom. The van der Waals surface area contributed by atoms with Gasteiger partial charge in [0.05, 0.1) is 12.3 Å². The number of ether oxygens (including phenoxy) is 1. The van der Waals surface area contributed by atoms with Gasteiger partial charge in [0.15, 0.2) is 0 Å². The Labute approximate surface area is 109 Å². The average molecular weight is 256 g/mol. The Morgan fingerprint density at radius 1 is 1.29 bits per heavy atom. The first kappa shape index (κ1) is 14.2. The van der Waals surface area contributed by atoms with Crippen molar-refractivity contribution in [3.05, 3.63) is 23.2 Å². The van der Waals surface area contributed by atoms with Crippen LogP contribution in [-0.2, 0) is 0 Å². The van der Waals surface area contributed by atoms with Crippen LogP contribution < -0.4 is 10.1 Å². The molecule has 1 rings (SSSR count). The standard InChI is InChI=1S/C14H22ClNO/c1-5-17-13-7-6-11(15)10-12(13)16-9-8-14(2,3)4/h6-7,10,16H,5,8-9H2,1-4H3. The van der Waals surface area contributed by atoms with Crippen molar-refractivity contribution >= 4 is 17.3 Å². The van der Waals surface area contributed by atoms with Crippen LogP contribution in [0, 0.1) is 5.41 Å². The van der Waals surface area contributed by atoms with E-state index in [1.54, 1.807) is 0 Å². The van der Waals surface area contributed by atoms with Gasteiger partial charge in [-0.15, -0.1) is 0 Å². The Hall–Kier alpha value is -0.890. The maximum atomic E-state index is 5.99. The van der Waals surface area contributed by atoms with E-state index in [9.17, 15) is 0 Å². The van der Waals surface area contributed by atoms with Gasteiger partial charge >= 0.3 is 0 Å². The largest absolute Gasteiger partial charge is 0.492 e. The zero-order valence-corrected chi connectivity index (χ0v) is 11.9. The van der Waals surface area contributed by atoms with E-state index in [-0.39, 0.29) is 0 Å². The first-order chi connectivity index (χ1) is 7.92. The normalized spacial score (nSPS) is 11.4. The van der Waals surface area contributed by atoms with Crippen LogP contribution >= 0.6 is 11.6 Å². The Balaban J connectivity index is 2.65. The van der Waals surface area contributed by atoms with E-state index in [1.807, 2.05) is 25.1 Å². The third-order valence-electron chi connectivity index (χ3n) is 2.43. The van der Waals surface area contributed by atoms with Gasteiger partial charge in [0, 0.05) is 11.6 Å². The second-order valence-corrected chi connectivity index (χ2v) is 5.75. The predicted molar refractivity (Wildman–Crippen MR) is 75.2 cm³/mol. The molecule has 0 amide bonds. The second kappa shape index (κ2) is 6.15. The summed E-state index contributed by atoms with van der Waals surface area (Å²) in [6, 6.07) is 5.67. The lowest BCUT2D eigenvalue weighted by Crippen LogP contribution is -2.13. The molecule has 0 radical (unpaired) electrons. The Bertz CT molecular complexity index is 358. The van der Waals surface area contributed by atoms with Gasteiger partial charge in [-0.3, -0.25) is 0 Å². The number of nitrogens with one attached hydrogen (secondary N) is 1. The highest BCUT2D eigenvalue weighted by atomic mass is 35.5. The molecule has 17 heavy (non-hydrogen) atoms. The zero-order valence-electron chi connectivity index (χ0n) is 11.1. The molecule has 0 aliphatic heterocycles. The van der Waals surface area contributed by atoms with Gasteiger partial charge in [0.2, 0.25) is 0 Å². The van der Waals surface area contributed by atoms with E-state index in [0.717, 1.165) is 29.4 Å². The minimum Gasteiger partial charge on any atom is -0.492 e. The number of benzene rings is 1. The van der Waals surface area contributed by atoms with Gasteiger partial charge in [-0.05, 0) is 37.0 Å². The fourth-order valence-electron chi connectivity index (χ4n) is 1.49. The number of anilines is 1. The van der Waals surface area contributed by atoms with Crippen LogP contribution in [0.2, 0.25) is 5.02 Å². The zero-order chi connectivity index (χ0) is 12.9. The molecule has 2 nitrogen and oxygen atoms in total. The maximum absolute atomic E-state index is 5.99. The van der Waals surface area contributed by atoms with Gasteiger partial charge in [-0.25, -0.2) is 0 Å². The summed E-state index contributed by atoms with van der Waals surface area (Å²) in [6.07, 6.45) is 1.10. The molecule has 1 aromatic carbocycles. The highest BCUT2D eigenvalue weighted by Gasteiger charge is 2.10. The van der Waals surface area contributed by atoms with Crippen LogP contribution in [0.15, 0.2) is 18.2 Å². The summed E-state index contributed by atoms with van der Waals surface area (Å²) in [7, 11) is 0. The molecule has 0 heterocycles. The van der Waals surface area contributed by atoms with Crippen LogP contribution in [0.5, 0.6) is 5.75 Å². The van der Waals surface area contributed by atoms with Crippen molar-refractivity contribution in [2.45, 2.75) is 34.1 Å². The Morgan fingerprint density at radius 2 is 2.00 bits per heavy atom. The monoisotopic (exact) mass is 255 g/mol. The van der Waals surface area contributed by atoms with Crippen LogP contribution in [0.25, 0.3) is 0 Å². The molecule has 0 bridgehead atoms. The van der Waals surface area contributed by atoms with Gasteiger partial charge in [-0.1, -0.05) is 32.4 Å². The molecule has 1 aromatic rings. The first-order valence-corrected chi connectivity index (χ1v) is 6.46. The predicted octanol–water partition coefficient (Wildman–Crippen LogP) is 4.59. The number of halogens is 1. The van der Waals surface area contributed by atoms with E-state index in [1.165, 1.54) is 0 Å². The van der Waals surface area contributed by atoms with Crippen LogP contribution in [0.1, 0.15) is 34.1 Å². The van der Waals surface area contributed by atoms with Crippen molar-refractivity contribution in [1.29, 1.82) is 0 Å². The van der Waals surface area contributed by atoms with Gasteiger partial charge in [-0.2, -0.15) is 0 Å². The summed E-state index contributed by atoms with van der Waals surface area (Å²) in [4.78, 5) is 0. The smallest absolute Gasteiger partial charge is 0.142 e. The fraction of sp³-hybridized carbons (Fsp3) is 0.571. The van der Waals surface area contributed by atoms with E-state index >= 15 is 0 Å². The van der Waals surface area contributed by atoms with Crippen LogP contribution in [0.3, 0.4) is 0 Å². The SMILES string of the molecule is CCOc1ccc(Cl)cc1NCCC(C)(C)C. The lowest BCUT2D eigenvalue weighted by atomic mass is 9.92. The summed E-state index contributed by atoms with van der Waals surface area (Å²) in [5.74, 6) is 0.866. The fourth-order valence-corrected chi connectivity index (χ4v) is 1.67. The summed E-state index contributed by atoms with van der Waals surface area (Å²) < 4.78 is 5.55. The van der Waals surface area contributed by atoms with Crippen molar-refractivity contribution in [3.63, 3.8) is 0 Å². The van der Waals surface area contributed by atoms with Crippen molar-refractivity contribution in [3.8, 4) is 5.75 Å². The second-order valence-electron chi connectivity index (χ2n) is 5.31. The molecule has 1 N–H and O–H groups in total. The van der Waals surface area contributed by atoms with Crippen molar-refractivity contribution < 1.29 is 4.74 Å². The molecule has 0 unspecified atom stereocenters. The average Bonchev–Trinajstić information content (AvgIpc) is 2.20. The van der Waals surface area contributed by atoms with E-state index in [4.69, 9.17) is 16.3 Å². The molecule has 3 heteroatoms. The first-order valence-electron chi connectivity index (χ1n) is 6.08.